The number of amides is 1. The number of benzene rings is 1. The molecule has 6 heteroatoms. The Morgan fingerprint density at radius 1 is 1.37 bits per heavy atom. The van der Waals surface area contributed by atoms with E-state index < -0.39 is 9.84 Å². The van der Waals surface area contributed by atoms with E-state index in [1.165, 1.54) is 0 Å². The second-order valence-corrected chi connectivity index (χ2v) is 7.01. The number of rotatable bonds is 4. The molecule has 1 aliphatic rings. The Hall–Kier alpha value is -1.56. The third-order valence-corrected chi connectivity index (χ3v) is 5.12. The molecule has 0 aromatic heterocycles. The monoisotopic (exact) mass is 282 g/mol. The smallest absolute Gasteiger partial charge is 0.241 e. The number of hydrogen-bond donors (Lipinski definition) is 1. The van der Waals surface area contributed by atoms with Crippen molar-refractivity contribution in [2.45, 2.75) is 12.5 Å². The summed E-state index contributed by atoms with van der Waals surface area (Å²) in [5, 5.41) is 3.03. The molecule has 1 saturated heterocycles. The lowest BCUT2D eigenvalue weighted by Crippen LogP contribution is -2.40. The number of nitrogens with zero attached hydrogens (tertiary/aromatic N) is 1. The molecule has 0 spiro atoms. The van der Waals surface area contributed by atoms with Crippen molar-refractivity contribution >= 4 is 21.4 Å². The van der Waals surface area contributed by atoms with Gasteiger partial charge in [-0.1, -0.05) is 18.2 Å². The van der Waals surface area contributed by atoms with E-state index in [1.807, 2.05) is 30.3 Å². The Labute approximate surface area is 113 Å². The van der Waals surface area contributed by atoms with E-state index in [9.17, 15) is 13.2 Å². The molecule has 1 fully saturated rings. The van der Waals surface area contributed by atoms with Crippen LogP contribution in [0.5, 0.6) is 0 Å². The summed E-state index contributed by atoms with van der Waals surface area (Å²) >= 11 is 0. The van der Waals surface area contributed by atoms with Crippen LogP contribution in [0.3, 0.4) is 0 Å². The summed E-state index contributed by atoms with van der Waals surface area (Å²) in [6.45, 7) is 0.178. The van der Waals surface area contributed by atoms with Crippen LogP contribution in [-0.4, -0.2) is 50.4 Å². The van der Waals surface area contributed by atoms with Gasteiger partial charge in [0.1, 0.15) is 0 Å². The van der Waals surface area contributed by atoms with Gasteiger partial charge in [-0.25, -0.2) is 8.42 Å². The molecule has 0 saturated carbocycles. The largest absolute Gasteiger partial charge is 0.376 e. The summed E-state index contributed by atoms with van der Waals surface area (Å²) in [5.41, 5.74) is 0.878. The SMILES string of the molecule is CN(C(=O)CNc1ccccc1)C1CCS(=O)(=O)C1. The summed E-state index contributed by atoms with van der Waals surface area (Å²) in [6.07, 6.45) is 0.538. The molecule has 5 nitrogen and oxygen atoms in total. The van der Waals surface area contributed by atoms with Crippen LogP contribution < -0.4 is 5.32 Å². The van der Waals surface area contributed by atoms with Crippen molar-refractivity contribution in [2.24, 2.45) is 0 Å². The molecule has 1 amide bonds. The number of anilines is 1. The average Bonchev–Trinajstić information content (AvgIpc) is 2.76. The quantitative estimate of drug-likeness (QED) is 0.884. The third kappa shape index (κ3) is 3.70. The number of sulfone groups is 1. The van der Waals surface area contributed by atoms with Crippen LogP contribution in [0.4, 0.5) is 5.69 Å². The molecule has 1 atom stereocenters. The van der Waals surface area contributed by atoms with Gasteiger partial charge in [-0.3, -0.25) is 4.79 Å². The summed E-state index contributed by atoms with van der Waals surface area (Å²) in [5.74, 6) is 0.174. The predicted octanol–water partition coefficient (Wildman–Crippen LogP) is 0.744. The van der Waals surface area contributed by atoms with E-state index in [0.717, 1.165) is 5.69 Å². The second-order valence-electron chi connectivity index (χ2n) is 4.78. The van der Waals surface area contributed by atoms with Crippen molar-refractivity contribution in [2.75, 3.05) is 30.4 Å². The van der Waals surface area contributed by atoms with Crippen LogP contribution >= 0.6 is 0 Å². The Morgan fingerprint density at radius 3 is 2.63 bits per heavy atom. The van der Waals surface area contributed by atoms with Crippen molar-refractivity contribution < 1.29 is 13.2 Å². The summed E-state index contributed by atoms with van der Waals surface area (Å²) < 4.78 is 22.8. The van der Waals surface area contributed by atoms with Crippen LogP contribution in [0.1, 0.15) is 6.42 Å². The molecule has 0 aliphatic carbocycles. The van der Waals surface area contributed by atoms with Gasteiger partial charge in [0.2, 0.25) is 5.91 Å². The summed E-state index contributed by atoms with van der Waals surface area (Å²) in [4.78, 5) is 13.5. The zero-order valence-corrected chi connectivity index (χ0v) is 11.7. The number of hydrogen-bond acceptors (Lipinski definition) is 4. The van der Waals surface area contributed by atoms with Gasteiger partial charge in [-0.15, -0.1) is 0 Å². The fraction of sp³-hybridized carbons (Fsp3) is 0.462. The lowest BCUT2D eigenvalue weighted by Gasteiger charge is -2.23. The average molecular weight is 282 g/mol. The lowest BCUT2D eigenvalue weighted by molar-refractivity contribution is -0.129. The number of para-hydroxylation sites is 1. The minimum Gasteiger partial charge on any atom is -0.376 e. The van der Waals surface area contributed by atoms with E-state index in [2.05, 4.69) is 5.32 Å². The van der Waals surface area contributed by atoms with Crippen molar-refractivity contribution in [1.82, 2.24) is 4.90 Å². The molecule has 19 heavy (non-hydrogen) atoms. The molecule has 104 valence electrons. The van der Waals surface area contributed by atoms with Gasteiger partial charge in [0.05, 0.1) is 18.1 Å². The predicted molar refractivity (Wildman–Crippen MR) is 74.8 cm³/mol. The van der Waals surface area contributed by atoms with Gasteiger partial charge in [0.15, 0.2) is 9.84 Å². The van der Waals surface area contributed by atoms with Crippen molar-refractivity contribution in [3.05, 3.63) is 30.3 Å². The first kappa shape index (κ1) is 13.9. The Bertz CT molecular complexity index is 542. The highest BCUT2D eigenvalue weighted by atomic mass is 32.2. The fourth-order valence-electron chi connectivity index (χ4n) is 2.14. The molecule has 0 bridgehead atoms. The fourth-order valence-corrected chi connectivity index (χ4v) is 3.92. The van der Waals surface area contributed by atoms with E-state index in [-0.39, 0.29) is 30.0 Å². The Morgan fingerprint density at radius 2 is 2.05 bits per heavy atom. The highest BCUT2D eigenvalue weighted by Crippen LogP contribution is 2.16. The van der Waals surface area contributed by atoms with Crippen LogP contribution in [-0.2, 0) is 14.6 Å². The van der Waals surface area contributed by atoms with Crippen LogP contribution in [0.25, 0.3) is 0 Å². The highest BCUT2D eigenvalue weighted by Gasteiger charge is 2.32. The van der Waals surface area contributed by atoms with E-state index >= 15 is 0 Å². The van der Waals surface area contributed by atoms with Gasteiger partial charge < -0.3 is 10.2 Å². The lowest BCUT2D eigenvalue weighted by atomic mass is 10.2. The van der Waals surface area contributed by atoms with E-state index in [4.69, 9.17) is 0 Å². The van der Waals surface area contributed by atoms with Crippen molar-refractivity contribution in [3.8, 4) is 0 Å². The number of nitrogens with one attached hydrogen (secondary N) is 1. The van der Waals surface area contributed by atoms with Gasteiger partial charge in [0.25, 0.3) is 0 Å². The second kappa shape index (κ2) is 5.61. The minimum absolute atomic E-state index is 0.0839. The first-order valence-corrected chi connectivity index (χ1v) is 8.05. The van der Waals surface area contributed by atoms with E-state index in [1.54, 1.807) is 11.9 Å². The maximum absolute atomic E-state index is 12.0. The summed E-state index contributed by atoms with van der Waals surface area (Å²) in [7, 11) is -1.29. The maximum atomic E-state index is 12.0. The molecule has 1 heterocycles. The number of likely N-dealkylation sites (N-methyl/N-ethyl adjacent to an activating group) is 1. The Balaban J connectivity index is 1.87. The topological polar surface area (TPSA) is 66.5 Å². The molecule has 0 radical (unpaired) electrons. The van der Waals surface area contributed by atoms with Crippen LogP contribution in [0.15, 0.2) is 30.3 Å². The van der Waals surface area contributed by atoms with Gasteiger partial charge in [-0.2, -0.15) is 0 Å². The highest BCUT2D eigenvalue weighted by molar-refractivity contribution is 7.91. The van der Waals surface area contributed by atoms with Gasteiger partial charge >= 0.3 is 0 Å². The van der Waals surface area contributed by atoms with E-state index in [0.29, 0.717) is 6.42 Å². The maximum Gasteiger partial charge on any atom is 0.241 e. The van der Waals surface area contributed by atoms with Gasteiger partial charge in [0, 0.05) is 18.8 Å². The van der Waals surface area contributed by atoms with Crippen LogP contribution in [0.2, 0.25) is 0 Å². The van der Waals surface area contributed by atoms with Crippen molar-refractivity contribution in [1.29, 1.82) is 0 Å². The number of carbonyl (C=O) groups excluding carboxylic acids is 1. The molecule has 1 aliphatic heterocycles. The molecule has 1 N–H and O–H groups in total. The molecule has 1 aromatic carbocycles. The zero-order valence-electron chi connectivity index (χ0n) is 10.9. The Kier molecular flexibility index (Phi) is 4.09. The standard InChI is InChI=1S/C13H18N2O3S/c1-15(12-7-8-19(17,18)10-12)13(16)9-14-11-5-3-2-4-6-11/h2-6,12,14H,7-10H2,1H3. The van der Waals surface area contributed by atoms with Gasteiger partial charge in [-0.05, 0) is 18.6 Å². The molecule has 1 aromatic rings. The first-order chi connectivity index (χ1) is 8.98. The minimum atomic E-state index is -2.96. The number of carbonyl (C=O) groups is 1. The summed E-state index contributed by atoms with van der Waals surface area (Å²) in [6, 6.07) is 9.26. The molecular weight excluding hydrogens is 264 g/mol. The third-order valence-electron chi connectivity index (χ3n) is 3.37. The molecule has 1 unspecified atom stereocenters. The van der Waals surface area contributed by atoms with Crippen LogP contribution in [0, 0.1) is 0 Å². The first-order valence-electron chi connectivity index (χ1n) is 6.23. The molecule has 2 rings (SSSR count). The normalized spacial score (nSPS) is 21.0. The van der Waals surface area contributed by atoms with Crippen molar-refractivity contribution in [3.63, 3.8) is 0 Å². The molecular formula is C13H18N2O3S. The zero-order chi connectivity index (χ0) is 13.9.